The van der Waals surface area contributed by atoms with Crippen LogP contribution in [0.4, 0.5) is 0 Å². The van der Waals surface area contributed by atoms with Gasteiger partial charge in [0.05, 0.1) is 4.99 Å². The van der Waals surface area contributed by atoms with Gasteiger partial charge in [-0.05, 0) is 26.9 Å². The molecule has 0 amide bonds. The van der Waals surface area contributed by atoms with Crippen LogP contribution in [-0.2, 0) is 0 Å². The molecule has 0 fully saturated rings. The van der Waals surface area contributed by atoms with Crippen LogP contribution in [0.25, 0.3) is 0 Å². The van der Waals surface area contributed by atoms with E-state index >= 15 is 0 Å². The fraction of sp³-hybridized carbons (Fsp3) is 0.889. The van der Waals surface area contributed by atoms with Crippen molar-refractivity contribution in [3.8, 4) is 0 Å². The molecule has 3 heteroatoms. The van der Waals surface area contributed by atoms with Crippen LogP contribution >= 0.6 is 12.2 Å². The highest BCUT2D eigenvalue weighted by Crippen LogP contribution is 2.02. The Hall–Kier alpha value is -0.150. The molecule has 12 heavy (non-hydrogen) atoms. The molecule has 2 N–H and O–H groups in total. The van der Waals surface area contributed by atoms with Crippen molar-refractivity contribution in [3.63, 3.8) is 0 Å². The average molecular weight is 188 g/mol. The molecule has 1 atom stereocenters. The number of nitrogens with two attached hydrogens (primary N) is 1. The van der Waals surface area contributed by atoms with Crippen LogP contribution in [0.5, 0.6) is 0 Å². The van der Waals surface area contributed by atoms with E-state index in [1.54, 1.807) is 0 Å². The molecule has 0 rings (SSSR count). The lowest BCUT2D eigenvalue weighted by molar-refractivity contribution is 0.259. The second-order valence-corrected chi connectivity index (χ2v) is 3.88. The van der Waals surface area contributed by atoms with Gasteiger partial charge in [-0.1, -0.05) is 25.6 Å². The van der Waals surface area contributed by atoms with Gasteiger partial charge in [0.15, 0.2) is 0 Å². The summed E-state index contributed by atoms with van der Waals surface area (Å²) in [6.45, 7) is 5.50. The Morgan fingerprint density at radius 2 is 2.17 bits per heavy atom. The molecule has 0 aliphatic heterocycles. The van der Waals surface area contributed by atoms with E-state index in [1.165, 1.54) is 12.8 Å². The molecule has 0 saturated carbocycles. The van der Waals surface area contributed by atoms with Gasteiger partial charge in [0.1, 0.15) is 0 Å². The fourth-order valence-corrected chi connectivity index (χ4v) is 1.32. The Morgan fingerprint density at radius 3 is 2.58 bits per heavy atom. The van der Waals surface area contributed by atoms with Crippen molar-refractivity contribution in [2.24, 2.45) is 5.73 Å². The van der Waals surface area contributed by atoms with Crippen molar-refractivity contribution in [1.82, 2.24) is 4.90 Å². The first-order valence-electron chi connectivity index (χ1n) is 4.56. The molecule has 0 heterocycles. The van der Waals surface area contributed by atoms with E-state index in [9.17, 15) is 0 Å². The molecular formula is C9H20N2S. The van der Waals surface area contributed by atoms with Gasteiger partial charge >= 0.3 is 0 Å². The van der Waals surface area contributed by atoms with Gasteiger partial charge in [-0.25, -0.2) is 0 Å². The van der Waals surface area contributed by atoms with Gasteiger partial charge in [0.25, 0.3) is 0 Å². The van der Waals surface area contributed by atoms with E-state index in [0.29, 0.717) is 11.0 Å². The smallest absolute Gasteiger partial charge is 0.0742 e. The molecule has 0 aromatic carbocycles. The molecule has 0 bridgehead atoms. The average Bonchev–Trinajstić information content (AvgIpc) is 1.98. The van der Waals surface area contributed by atoms with E-state index in [1.807, 2.05) is 0 Å². The van der Waals surface area contributed by atoms with Crippen molar-refractivity contribution in [1.29, 1.82) is 0 Å². The summed E-state index contributed by atoms with van der Waals surface area (Å²) in [5, 5.41) is 0. The summed E-state index contributed by atoms with van der Waals surface area (Å²) < 4.78 is 0. The van der Waals surface area contributed by atoms with Gasteiger partial charge in [0, 0.05) is 12.5 Å². The molecule has 2 nitrogen and oxygen atoms in total. The third-order valence-corrected chi connectivity index (χ3v) is 2.28. The first-order valence-corrected chi connectivity index (χ1v) is 4.97. The van der Waals surface area contributed by atoms with Crippen molar-refractivity contribution in [2.75, 3.05) is 13.6 Å². The summed E-state index contributed by atoms with van der Waals surface area (Å²) in [7, 11) is 2.12. The van der Waals surface area contributed by atoms with Crippen LogP contribution in [-0.4, -0.2) is 29.5 Å². The Morgan fingerprint density at radius 1 is 1.58 bits per heavy atom. The molecule has 72 valence electrons. The van der Waals surface area contributed by atoms with E-state index < -0.39 is 0 Å². The van der Waals surface area contributed by atoms with Crippen molar-refractivity contribution >= 4 is 17.2 Å². The lowest BCUT2D eigenvalue weighted by atomic mass is 10.2. The Kier molecular flexibility index (Phi) is 6.30. The van der Waals surface area contributed by atoms with Crippen LogP contribution in [0.2, 0.25) is 0 Å². The van der Waals surface area contributed by atoms with Gasteiger partial charge < -0.3 is 10.6 Å². The summed E-state index contributed by atoms with van der Waals surface area (Å²) in [4.78, 5) is 2.92. The van der Waals surface area contributed by atoms with Gasteiger partial charge in [-0.15, -0.1) is 0 Å². The molecular weight excluding hydrogens is 168 g/mol. The Bertz CT molecular complexity index is 136. The van der Waals surface area contributed by atoms with E-state index in [4.69, 9.17) is 18.0 Å². The highest BCUT2D eigenvalue weighted by molar-refractivity contribution is 7.80. The second-order valence-electron chi connectivity index (χ2n) is 3.35. The lowest BCUT2D eigenvalue weighted by Crippen LogP contribution is -2.33. The monoisotopic (exact) mass is 188 g/mol. The predicted molar refractivity (Wildman–Crippen MR) is 58.4 cm³/mol. The quantitative estimate of drug-likeness (QED) is 0.644. The maximum absolute atomic E-state index is 5.46. The molecule has 0 spiro atoms. The number of unbranched alkanes of at least 4 members (excludes halogenated alkanes) is 1. The number of thiocarbonyl (C=S) groups is 1. The number of hydrogen-bond acceptors (Lipinski definition) is 2. The van der Waals surface area contributed by atoms with Crippen molar-refractivity contribution < 1.29 is 0 Å². The molecule has 0 saturated heterocycles. The predicted octanol–water partition coefficient (Wildman–Crippen LogP) is 1.78. The Labute approximate surface area is 81.1 Å². The minimum Gasteiger partial charge on any atom is -0.393 e. The zero-order valence-electron chi connectivity index (χ0n) is 8.34. The summed E-state index contributed by atoms with van der Waals surface area (Å²) >= 11 is 4.85. The maximum Gasteiger partial charge on any atom is 0.0742 e. The minimum absolute atomic E-state index is 0.481. The number of rotatable bonds is 6. The van der Waals surface area contributed by atoms with E-state index in [-0.39, 0.29) is 0 Å². The SMILES string of the molecule is CCCCN(C)C(C)CC(N)=S. The van der Waals surface area contributed by atoms with Crippen molar-refractivity contribution in [3.05, 3.63) is 0 Å². The summed E-state index contributed by atoms with van der Waals surface area (Å²) in [5.74, 6) is 0. The molecule has 0 aliphatic carbocycles. The topological polar surface area (TPSA) is 29.3 Å². The molecule has 0 aliphatic rings. The lowest BCUT2D eigenvalue weighted by Gasteiger charge is -2.23. The maximum atomic E-state index is 5.46. The van der Waals surface area contributed by atoms with Crippen molar-refractivity contribution in [2.45, 2.75) is 39.2 Å². The standard InChI is InChI=1S/C9H20N2S/c1-4-5-6-11(3)8(2)7-9(10)12/h8H,4-7H2,1-3H3,(H2,10,12). The fourth-order valence-electron chi connectivity index (χ4n) is 1.07. The van der Waals surface area contributed by atoms with Crippen LogP contribution in [0, 0.1) is 0 Å². The van der Waals surface area contributed by atoms with Crippen LogP contribution in [0.15, 0.2) is 0 Å². The highest BCUT2D eigenvalue weighted by atomic mass is 32.1. The highest BCUT2D eigenvalue weighted by Gasteiger charge is 2.08. The second kappa shape index (κ2) is 6.38. The minimum atomic E-state index is 0.481. The molecule has 0 radical (unpaired) electrons. The zero-order valence-corrected chi connectivity index (χ0v) is 9.16. The molecule has 0 aromatic rings. The third-order valence-electron chi connectivity index (χ3n) is 2.11. The van der Waals surface area contributed by atoms with Gasteiger partial charge in [0.2, 0.25) is 0 Å². The first-order chi connectivity index (χ1) is 5.57. The normalized spacial score (nSPS) is 13.3. The van der Waals surface area contributed by atoms with E-state index in [0.717, 1.165) is 13.0 Å². The summed E-state index contributed by atoms with van der Waals surface area (Å²) in [5.41, 5.74) is 5.46. The number of nitrogens with zero attached hydrogens (tertiary/aromatic N) is 1. The molecule has 0 aromatic heterocycles. The molecule has 1 unspecified atom stereocenters. The number of hydrogen-bond donors (Lipinski definition) is 1. The summed E-state index contributed by atoms with van der Waals surface area (Å²) in [6.07, 6.45) is 3.32. The first kappa shape index (κ1) is 11.8. The largest absolute Gasteiger partial charge is 0.393 e. The summed E-state index contributed by atoms with van der Waals surface area (Å²) in [6, 6.07) is 0.481. The van der Waals surface area contributed by atoms with Crippen LogP contribution in [0.1, 0.15) is 33.1 Å². The third kappa shape index (κ3) is 5.49. The van der Waals surface area contributed by atoms with Gasteiger partial charge in [-0.3, -0.25) is 0 Å². The zero-order chi connectivity index (χ0) is 9.56. The van der Waals surface area contributed by atoms with Crippen LogP contribution in [0.3, 0.4) is 0 Å². The van der Waals surface area contributed by atoms with E-state index in [2.05, 4.69) is 25.8 Å². The Balaban J connectivity index is 3.60. The van der Waals surface area contributed by atoms with Gasteiger partial charge in [-0.2, -0.15) is 0 Å². The van der Waals surface area contributed by atoms with Crippen LogP contribution < -0.4 is 5.73 Å².